The van der Waals surface area contributed by atoms with Crippen molar-refractivity contribution < 1.29 is 13.2 Å². The number of nitrogens with one attached hydrogen (secondary N) is 1. The van der Waals surface area contributed by atoms with Crippen molar-refractivity contribution in [2.75, 3.05) is 0 Å². The van der Waals surface area contributed by atoms with E-state index in [1.165, 1.54) is 29.1 Å². The van der Waals surface area contributed by atoms with Crippen molar-refractivity contribution in [3.8, 4) is 11.8 Å². The summed E-state index contributed by atoms with van der Waals surface area (Å²) in [6, 6.07) is 4.98. The molecule has 0 radical (unpaired) electrons. The molecule has 2 aromatic rings. The minimum atomic E-state index is -4.57. The number of aromatic amines is 1. The molecule has 0 saturated carbocycles. The lowest BCUT2D eigenvalue weighted by atomic mass is 10.1. The quantitative estimate of drug-likeness (QED) is 0.806. The number of hydrogen-bond acceptors (Lipinski definition) is 2. The summed E-state index contributed by atoms with van der Waals surface area (Å²) in [5.74, 6) is 0. The van der Waals surface area contributed by atoms with E-state index in [0.717, 1.165) is 12.1 Å². The molecule has 0 spiro atoms. The molecule has 0 bridgehead atoms. The lowest BCUT2D eigenvalue weighted by molar-refractivity contribution is -0.137. The number of halogens is 3. The van der Waals surface area contributed by atoms with Crippen LogP contribution in [0.15, 0.2) is 30.6 Å². The third-order valence-electron chi connectivity index (χ3n) is 2.36. The van der Waals surface area contributed by atoms with Crippen molar-refractivity contribution in [1.82, 2.24) is 9.55 Å². The van der Waals surface area contributed by atoms with Crippen molar-refractivity contribution in [1.29, 1.82) is 5.26 Å². The summed E-state index contributed by atoms with van der Waals surface area (Å²) in [5.41, 5.74) is -1.12. The monoisotopic (exact) mass is 269 g/mol. The van der Waals surface area contributed by atoms with Crippen molar-refractivity contribution in [2.24, 2.45) is 0 Å². The van der Waals surface area contributed by atoms with Gasteiger partial charge in [0.1, 0.15) is 0 Å². The molecular weight excluding hydrogens is 263 g/mol. The number of nitrogens with zero attached hydrogens (tertiary/aromatic N) is 2. The maximum Gasteiger partial charge on any atom is 0.417 e. The van der Waals surface area contributed by atoms with Crippen LogP contribution in [0, 0.1) is 16.1 Å². The molecule has 0 saturated heterocycles. The molecule has 0 fully saturated rings. The Labute approximate surface area is 105 Å². The fourth-order valence-electron chi connectivity index (χ4n) is 1.54. The van der Waals surface area contributed by atoms with Gasteiger partial charge in [0.2, 0.25) is 0 Å². The Morgan fingerprint density at radius 2 is 2.06 bits per heavy atom. The van der Waals surface area contributed by atoms with Crippen LogP contribution in [-0.4, -0.2) is 9.55 Å². The van der Waals surface area contributed by atoms with Crippen molar-refractivity contribution >= 4 is 12.2 Å². The molecule has 1 aromatic heterocycles. The van der Waals surface area contributed by atoms with Gasteiger partial charge >= 0.3 is 6.18 Å². The number of benzene rings is 1. The normalized spacial score (nSPS) is 11.2. The molecule has 0 aliphatic rings. The molecule has 1 aromatic carbocycles. The number of H-pyrrole nitrogens is 1. The molecule has 3 nitrogen and oxygen atoms in total. The van der Waals surface area contributed by atoms with Crippen LogP contribution in [0.1, 0.15) is 11.1 Å². The summed E-state index contributed by atoms with van der Waals surface area (Å²) in [7, 11) is 0. The predicted octanol–water partition coefficient (Wildman–Crippen LogP) is 3.43. The van der Waals surface area contributed by atoms with Crippen molar-refractivity contribution in [3.63, 3.8) is 0 Å². The number of aromatic nitrogens is 2. The second-order valence-electron chi connectivity index (χ2n) is 3.47. The summed E-state index contributed by atoms with van der Waals surface area (Å²) in [5, 5.41) is 8.67. The van der Waals surface area contributed by atoms with E-state index in [-0.39, 0.29) is 10.5 Å². The van der Waals surface area contributed by atoms with E-state index in [1.54, 1.807) is 0 Å². The number of hydrogen-bond donors (Lipinski definition) is 1. The minimum Gasteiger partial charge on any atom is -0.337 e. The van der Waals surface area contributed by atoms with Crippen LogP contribution < -0.4 is 0 Å². The van der Waals surface area contributed by atoms with E-state index in [9.17, 15) is 13.2 Å². The summed E-state index contributed by atoms with van der Waals surface area (Å²) < 4.78 is 40.0. The first-order valence-corrected chi connectivity index (χ1v) is 5.22. The Hall–Kier alpha value is -2.07. The molecule has 7 heteroatoms. The van der Waals surface area contributed by atoms with Gasteiger partial charge in [-0.05, 0) is 30.4 Å². The lowest BCUT2D eigenvalue weighted by Crippen LogP contribution is -2.09. The maximum atomic E-state index is 12.8. The summed E-state index contributed by atoms with van der Waals surface area (Å²) in [4.78, 5) is 2.69. The van der Waals surface area contributed by atoms with E-state index >= 15 is 0 Å². The number of alkyl halides is 3. The first kappa shape index (κ1) is 12.4. The van der Waals surface area contributed by atoms with E-state index in [2.05, 4.69) is 4.98 Å². The van der Waals surface area contributed by atoms with Gasteiger partial charge in [-0.3, -0.25) is 4.57 Å². The molecule has 2 rings (SSSR count). The van der Waals surface area contributed by atoms with Gasteiger partial charge in [-0.15, -0.1) is 0 Å². The molecule has 1 N–H and O–H groups in total. The highest BCUT2D eigenvalue weighted by Gasteiger charge is 2.33. The number of nitriles is 1. The van der Waals surface area contributed by atoms with Crippen molar-refractivity contribution in [3.05, 3.63) is 46.5 Å². The second kappa shape index (κ2) is 4.31. The highest BCUT2D eigenvalue weighted by Crippen LogP contribution is 2.33. The zero-order valence-electron chi connectivity index (χ0n) is 8.82. The van der Waals surface area contributed by atoms with Gasteiger partial charge in [0.05, 0.1) is 17.2 Å². The van der Waals surface area contributed by atoms with Gasteiger partial charge in [0, 0.05) is 18.1 Å². The third kappa shape index (κ3) is 2.15. The largest absolute Gasteiger partial charge is 0.417 e. The summed E-state index contributed by atoms with van der Waals surface area (Å²) in [6.45, 7) is 0. The van der Waals surface area contributed by atoms with Gasteiger partial charge in [0.25, 0.3) is 0 Å². The Morgan fingerprint density at radius 1 is 1.33 bits per heavy atom. The average molecular weight is 269 g/mol. The average Bonchev–Trinajstić information content (AvgIpc) is 2.73. The maximum absolute atomic E-state index is 12.8. The number of rotatable bonds is 1. The Bertz CT molecular complexity index is 676. The molecule has 0 amide bonds. The van der Waals surface area contributed by atoms with Crippen LogP contribution in [0.3, 0.4) is 0 Å². The molecule has 92 valence electrons. The molecule has 18 heavy (non-hydrogen) atoms. The minimum absolute atomic E-state index is 0.257. The van der Waals surface area contributed by atoms with Gasteiger partial charge < -0.3 is 4.98 Å². The zero-order valence-corrected chi connectivity index (χ0v) is 9.64. The van der Waals surface area contributed by atoms with Crippen molar-refractivity contribution in [2.45, 2.75) is 6.18 Å². The van der Waals surface area contributed by atoms with Gasteiger partial charge in [0.15, 0.2) is 4.77 Å². The van der Waals surface area contributed by atoms with Crippen LogP contribution >= 0.6 is 12.2 Å². The summed E-state index contributed by atoms with van der Waals surface area (Å²) in [6.07, 6.45) is -1.53. The molecule has 0 unspecified atom stereocenters. The van der Waals surface area contributed by atoms with Crippen LogP contribution in [0.5, 0.6) is 0 Å². The molecular formula is C11H6F3N3S. The van der Waals surface area contributed by atoms with E-state index < -0.39 is 17.3 Å². The van der Waals surface area contributed by atoms with Crippen LogP contribution in [0.4, 0.5) is 13.2 Å². The van der Waals surface area contributed by atoms with Gasteiger partial charge in [-0.2, -0.15) is 18.4 Å². The summed E-state index contributed by atoms with van der Waals surface area (Å²) >= 11 is 4.93. The van der Waals surface area contributed by atoms with E-state index in [1.807, 2.05) is 0 Å². The topological polar surface area (TPSA) is 44.5 Å². The Kier molecular flexibility index (Phi) is 2.97. The van der Waals surface area contributed by atoms with Gasteiger partial charge in [-0.1, -0.05) is 0 Å². The first-order valence-electron chi connectivity index (χ1n) is 4.81. The Balaban J connectivity index is 2.65. The molecule has 0 atom stereocenters. The smallest absolute Gasteiger partial charge is 0.337 e. The van der Waals surface area contributed by atoms with E-state index in [0.29, 0.717) is 0 Å². The van der Waals surface area contributed by atoms with Crippen LogP contribution in [-0.2, 0) is 6.18 Å². The number of imidazole rings is 1. The van der Waals surface area contributed by atoms with Crippen LogP contribution in [0.2, 0.25) is 0 Å². The Morgan fingerprint density at radius 3 is 2.56 bits per heavy atom. The zero-order chi connectivity index (χ0) is 13.3. The predicted molar refractivity (Wildman–Crippen MR) is 60.7 cm³/mol. The molecule has 1 heterocycles. The molecule has 0 aliphatic heterocycles. The van der Waals surface area contributed by atoms with Crippen LogP contribution in [0.25, 0.3) is 5.69 Å². The SMILES string of the molecule is N#Cc1ccc(-n2cc[nH]c2=S)cc1C(F)(F)F. The first-order chi connectivity index (χ1) is 8.43. The fourth-order valence-corrected chi connectivity index (χ4v) is 1.77. The third-order valence-corrected chi connectivity index (χ3v) is 2.67. The second-order valence-corrected chi connectivity index (χ2v) is 3.86. The van der Waals surface area contributed by atoms with E-state index in [4.69, 9.17) is 17.5 Å². The fraction of sp³-hybridized carbons (Fsp3) is 0.0909. The highest BCUT2D eigenvalue weighted by molar-refractivity contribution is 7.71. The lowest BCUT2D eigenvalue weighted by Gasteiger charge is -2.11. The standard InChI is InChI=1S/C11H6F3N3S/c12-11(13,14)9-5-8(2-1-7(9)6-15)17-4-3-16-10(17)18/h1-5H,(H,16,18). The highest BCUT2D eigenvalue weighted by atomic mass is 32.1. The molecule has 0 aliphatic carbocycles. The van der Waals surface area contributed by atoms with Gasteiger partial charge in [-0.25, -0.2) is 0 Å².